The quantitative estimate of drug-likeness (QED) is 0.277. The molecule has 0 aliphatic rings. The maximum atomic E-state index is 13.3. The molecule has 0 radical (unpaired) electrons. The summed E-state index contributed by atoms with van der Waals surface area (Å²) in [6.45, 7) is 4.00. The molecule has 0 fully saturated rings. The third kappa shape index (κ3) is 5.78. The van der Waals surface area contributed by atoms with Crippen molar-refractivity contribution in [2.24, 2.45) is 0 Å². The van der Waals surface area contributed by atoms with E-state index in [-0.39, 0.29) is 28.4 Å². The van der Waals surface area contributed by atoms with Gasteiger partial charge < -0.3 is 14.3 Å². The van der Waals surface area contributed by atoms with Gasteiger partial charge in [-0.05, 0) is 42.5 Å². The number of hydrogen-bond acceptors (Lipinski definition) is 4. The van der Waals surface area contributed by atoms with Gasteiger partial charge in [-0.25, -0.2) is 9.78 Å². The molecule has 4 rings (SSSR count). The predicted octanol–water partition coefficient (Wildman–Crippen LogP) is 7.76. The van der Waals surface area contributed by atoms with Crippen molar-refractivity contribution in [3.05, 3.63) is 83.4 Å². The minimum Gasteiger partial charge on any atom is -0.478 e. The number of halogens is 6. The van der Waals surface area contributed by atoms with E-state index >= 15 is 0 Å². The third-order valence-corrected chi connectivity index (χ3v) is 4.82. The number of fused-ring (bicyclic) bond motifs is 1. The second-order valence-electron chi connectivity index (χ2n) is 7.15. The molecule has 0 saturated carbocycles. The highest BCUT2D eigenvalue weighted by molar-refractivity contribution is 5.79. The molecule has 36 heavy (non-hydrogen) atoms. The van der Waals surface area contributed by atoms with Crippen molar-refractivity contribution >= 4 is 17.1 Å². The number of ether oxygens (including phenoxy) is 1. The molecule has 4 aromatic rings. The topological polar surface area (TPSA) is 72.6 Å². The molecule has 11 heteroatoms. The molecule has 3 aromatic carbocycles. The van der Waals surface area contributed by atoms with Gasteiger partial charge in [0, 0.05) is 5.56 Å². The van der Waals surface area contributed by atoms with Gasteiger partial charge >= 0.3 is 18.3 Å². The third-order valence-electron chi connectivity index (χ3n) is 4.82. The standard InChI is InChI=1S/C23H13F6NO4.C2H6/c24-22(25,26)13-5-3-4-12(10-13)19(21(31)32)33-17-9-8-14(23(27,28)29)11-15(17)20-30-16-6-1-2-7-18(16)34-20;1-2/h1-11,19H,(H,31,32);1-2H3. The summed E-state index contributed by atoms with van der Waals surface area (Å²) in [5.41, 5.74) is -2.27. The van der Waals surface area contributed by atoms with Crippen LogP contribution in [0.5, 0.6) is 5.75 Å². The highest BCUT2D eigenvalue weighted by atomic mass is 19.4. The van der Waals surface area contributed by atoms with Gasteiger partial charge in [-0.15, -0.1) is 0 Å². The lowest BCUT2D eigenvalue weighted by Gasteiger charge is -2.19. The lowest BCUT2D eigenvalue weighted by molar-refractivity contribution is -0.146. The number of rotatable bonds is 5. The number of carboxylic acid groups (broad SMARTS) is 1. The first-order valence-corrected chi connectivity index (χ1v) is 10.6. The van der Waals surface area contributed by atoms with Gasteiger partial charge in [-0.2, -0.15) is 26.3 Å². The molecule has 1 N–H and O–H groups in total. The van der Waals surface area contributed by atoms with Crippen LogP contribution in [-0.2, 0) is 17.1 Å². The van der Waals surface area contributed by atoms with Gasteiger partial charge in [-0.3, -0.25) is 0 Å². The van der Waals surface area contributed by atoms with Crippen LogP contribution in [0.2, 0.25) is 0 Å². The molecule has 0 aliphatic carbocycles. The molecule has 1 aromatic heterocycles. The van der Waals surface area contributed by atoms with Crippen LogP contribution in [0.4, 0.5) is 26.3 Å². The Balaban J connectivity index is 0.00000176. The second-order valence-corrected chi connectivity index (χ2v) is 7.15. The Labute approximate surface area is 200 Å². The minimum absolute atomic E-state index is 0.258. The molecule has 0 bridgehead atoms. The van der Waals surface area contributed by atoms with Crippen LogP contribution in [0.25, 0.3) is 22.6 Å². The monoisotopic (exact) mass is 511 g/mol. The van der Waals surface area contributed by atoms with Crippen LogP contribution < -0.4 is 4.74 Å². The molecular formula is C25H19F6NO4. The van der Waals surface area contributed by atoms with Crippen LogP contribution in [0, 0.1) is 0 Å². The van der Waals surface area contributed by atoms with Gasteiger partial charge in [0.25, 0.3) is 0 Å². The van der Waals surface area contributed by atoms with Crippen LogP contribution in [0.15, 0.2) is 71.1 Å². The predicted molar refractivity (Wildman–Crippen MR) is 118 cm³/mol. The van der Waals surface area contributed by atoms with E-state index < -0.39 is 35.6 Å². The summed E-state index contributed by atoms with van der Waals surface area (Å²) in [4.78, 5) is 16.0. The van der Waals surface area contributed by atoms with Crippen molar-refractivity contribution in [1.29, 1.82) is 0 Å². The van der Waals surface area contributed by atoms with E-state index in [9.17, 15) is 36.2 Å². The van der Waals surface area contributed by atoms with Gasteiger partial charge in [0.15, 0.2) is 5.58 Å². The maximum absolute atomic E-state index is 13.3. The van der Waals surface area contributed by atoms with E-state index in [1.807, 2.05) is 13.8 Å². The molecule has 0 aliphatic heterocycles. The first-order chi connectivity index (χ1) is 16.9. The first kappa shape index (κ1) is 26.6. The van der Waals surface area contributed by atoms with E-state index in [0.29, 0.717) is 23.7 Å². The average Bonchev–Trinajstić information content (AvgIpc) is 3.27. The number of aromatic nitrogens is 1. The van der Waals surface area contributed by atoms with Crippen LogP contribution in [-0.4, -0.2) is 16.1 Å². The zero-order valence-electron chi connectivity index (χ0n) is 18.8. The number of aliphatic carboxylic acids is 1. The van der Waals surface area contributed by atoms with Crippen LogP contribution >= 0.6 is 0 Å². The number of nitrogens with zero attached hydrogens (tertiary/aromatic N) is 1. The van der Waals surface area contributed by atoms with Crippen LogP contribution in [0.3, 0.4) is 0 Å². The van der Waals surface area contributed by atoms with Gasteiger partial charge in [-0.1, -0.05) is 38.1 Å². The van der Waals surface area contributed by atoms with Crippen molar-refractivity contribution in [2.75, 3.05) is 0 Å². The number of carboxylic acids is 1. The summed E-state index contributed by atoms with van der Waals surface area (Å²) in [5, 5.41) is 9.62. The SMILES string of the molecule is CC.O=C(O)C(Oc1ccc(C(F)(F)F)cc1-c1nc2ccccc2o1)c1cccc(C(F)(F)F)c1. The minimum atomic E-state index is -4.74. The molecule has 1 unspecified atom stereocenters. The smallest absolute Gasteiger partial charge is 0.416 e. The first-order valence-electron chi connectivity index (χ1n) is 10.6. The highest BCUT2D eigenvalue weighted by Gasteiger charge is 2.34. The molecule has 1 heterocycles. The summed E-state index contributed by atoms with van der Waals surface area (Å²) in [6.07, 6.45) is -11.4. The number of para-hydroxylation sites is 2. The molecule has 0 amide bonds. The lowest BCUT2D eigenvalue weighted by atomic mass is 10.0. The molecule has 1 atom stereocenters. The summed E-state index contributed by atoms with van der Waals surface area (Å²) >= 11 is 0. The van der Waals surface area contributed by atoms with Crippen molar-refractivity contribution < 1.29 is 45.4 Å². The number of oxazole rings is 1. The van der Waals surface area contributed by atoms with E-state index in [1.54, 1.807) is 18.2 Å². The molecule has 0 saturated heterocycles. The van der Waals surface area contributed by atoms with E-state index in [1.165, 1.54) is 6.07 Å². The number of benzene rings is 3. The zero-order chi connectivity index (χ0) is 26.7. The Kier molecular flexibility index (Phi) is 7.61. The average molecular weight is 511 g/mol. The maximum Gasteiger partial charge on any atom is 0.416 e. The molecule has 190 valence electrons. The summed E-state index contributed by atoms with van der Waals surface area (Å²) in [7, 11) is 0. The van der Waals surface area contributed by atoms with E-state index in [2.05, 4.69) is 4.98 Å². The fraction of sp³-hybridized carbons (Fsp3) is 0.200. The Morgan fingerprint density at radius 2 is 1.53 bits per heavy atom. The zero-order valence-corrected chi connectivity index (χ0v) is 18.8. The normalized spacial score (nSPS) is 12.6. The fourth-order valence-corrected chi connectivity index (χ4v) is 3.23. The fourth-order valence-electron chi connectivity index (χ4n) is 3.23. The van der Waals surface area contributed by atoms with Crippen molar-refractivity contribution in [3.63, 3.8) is 0 Å². The summed E-state index contributed by atoms with van der Waals surface area (Å²) in [6, 6.07) is 12.0. The van der Waals surface area contributed by atoms with E-state index in [4.69, 9.17) is 9.15 Å². The van der Waals surface area contributed by atoms with Crippen molar-refractivity contribution in [2.45, 2.75) is 32.3 Å². The second kappa shape index (κ2) is 10.3. The molecular weight excluding hydrogens is 492 g/mol. The Morgan fingerprint density at radius 3 is 2.14 bits per heavy atom. The Bertz CT molecular complexity index is 1330. The largest absolute Gasteiger partial charge is 0.478 e. The highest BCUT2D eigenvalue weighted by Crippen LogP contribution is 2.40. The van der Waals surface area contributed by atoms with Crippen LogP contribution in [0.1, 0.15) is 36.6 Å². The number of hydrogen-bond donors (Lipinski definition) is 1. The van der Waals surface area contributed by atoms with Gasteiger partial charge in [0.05, 0.1) is 16.7 Å². The van der Waals surface area contributed by atoms with Gasteiger partial charge in [0.1, 0.15) is 11.3 Å². The molecule has 5 nitrogen and oxygen atoms in total. The Morgan fingerprint density at radius 1 is 0.889 bits per heavy atom. The lowest BCUT2D eigenvalue weighted by Crippen LogP contribution is -2.19. The number of alkyl halides is 6. The van der Waals surface area contributed by atoms with Crippen molar-refractivity contribution in [1.82, 2.24) is 4.98 Å². The molecule has 0 spiro atoms. The Hall–Kier alpha value is -4.02. The van der Waals surface area contributed by atoms with Crippen molar-refractivity contribution in [3.8, 4) is 17.2 Å². The number of carbonyl (C=O) groups is 1. The summed E-state index contributed by atoms with van der Waals surface area (Å²) in [5.74, 6) is -2.30. The summed E-state index contributed by atoms with van der Waals surface area (Å²) < 4.78 is 90.2. The van der Waals surface area contributed by atoms with Gasteiger partial charge in [0.2, 0.25) is 12.0 Å². The van der Waals surface area contributed by atoms with E-state index in [0.717, 1.165) is 24.3 Å².